The summed E-state index contributed by atoms with van der Waals surface area (Å²) in [6.07, 6.45) is 1.57. The number of hydrogen-bond donors (Lipinski definition) is 2. The van der Waals surface area contributed by atoms with Gasteiger partial charge in [0.05, 0.1) is 0 Å². The summed E-state index contributed by atoms with van der Waals surface area (Å²) >= 11 is 0. The van der Waals surface area contributed by atoms with Crippen molar-refractivity contribution in [2.24, 2.45) is 0 Å². The molecule has 0 aliphatic rings. The molecule has 1 atom stereocenters. The molecule has 0 fully saturated rings. The van der Waals surface area contributed by atoms with Crippen LogP contribution in [0.25, 0.3) is 0 Å². The van der Waals surface area contributed by atoms with E-state index in [1.165, 1.54) is 5.56 Å². The molecule has 0 amide bonds. The number of carboxylic acids is 1. The number of hydrogen-bond acceptors (Lipinski definition) is 2. The summed E-state index contributed by atoms with van der Waals surface area (Å²) < 4.78 is 0. The molecule has 1 rings (SSSR count). The topological polar surface area (TPSA) is 49.3 Å². The molecular weight excluding hydrogens is 190 g/mol. The summed E-state index contributed by atoms with van der Waals surface area (Å²) in [6, 6.07) is 7.36. The first-order chi connectivity index (χ1) is 7.17. The van der Waals surface area contributed by atoms with Crippen molar-refractivity contribution < 1.29 is 9.90 Å². The van der Waals surface area contributed by atoms with Gasteiger partial charge in [0.2, 0.25) is 0 Å². The molecule has 1 aromatic rings. The van der Waals surface area contributed by atoms with Gasteiger partial charge in [-0.15, -0.1) is 0 Å². The van der Waals surface area contributed by atoms with E-state index in [1.54, 1.807) is 0 Å². The molecule has 0 aliphatic heterocycles. The first-order valence-electron chi connectivity index (χ1n) is 5.25. The van der Waals surface area contributed by atoms with Gasteiger partial charge in [-0.2, -0.15) is 0 Å². The summed E-state index contributed by atoms with van der Waals surface area (Å²) in [5.41, 5.74) is 2.12. The highest BCUT2D eigenvalue weighted by molar-refractivity contribution is 5.77. The Labute approximate surface area is 90.1 Å². The Kier molecular flexibility index (Phi) is 4.16. The zero-order valence-electron chi connectivity index (χ0n) is 9.16. The maximum atomic E-state index is 10.8. The number of anilines is 1. The van der Waals surface area contributed by atoms with Crippen LogP contribution in [0.3, 0.4) is 0 Å². The second kappa shape index (κ2) is 5.39. The molecule has 0 spiro atoms. The summed E-state index contributed by atoms with van der Waals surface area (Å²) in [5, 5.41) is 11.9. The van der Waals surface area contributed by atoms with Crippen LogP contribution in [-0.2, 0) is 11.2 Å². The van der Waals surface area contributed by atoms with E-state index in [9.17, 15) is 4.79 Å². The van der Waals surface area contributed by atoms with Crippen molar-refractivity contribution in [2.45, 2.75) is 32.7 Å². The average Bonchev–Trinajstić information content (AvgIpc) is 2.26. The molecule has 2 N–H and O–H groups in total. The van der Waals surface area contributed by atoms with E-state index in [1.807, 2.05) is 31.2 Å². The van der Waals surface area contributed by atoms with Gasteiger partial charge in [-0.05, 0) is 30.5 Å². The van der Waals surface area contributed by atoms with Crippen LogP contribution in [0.2, 0.25) is 0 Å². The zero-order valence-corrected chi connectivity index (χ0v) is 9.16. The Morgan fingerprint density at radius 3 is 2.33 bits per heavy atom. The number of rotatable bonds is 5. The summed E-state index contributed by atoms with van der Waals surface area (Å²) in [7, 11) is 0. The van der Waals surface area contributed by atoms with Crippen molar-refractivity contribution in [2.75, 3.05) is 5.32 Å². The van der Waals surface area contributed by atoms with Crippen LogP contribution in [0, 0.1) is 0 Å². The first kappa shape index (κ1) is 11.6. The van der Waals surface area contributed by atoms with E-state index in [0.29, 0.717) is 6.42 Å². The van der Waals surface area contributed by atoms with Crippen molar-refractivity contribution in [3.63, 3.8) is 0 Å². The Bertz CT molecular complexity index is 319. The van der Waals surface area contributed by atoms with Crippen molar-refractivity contribution >= 4 is 11.7 Å². The van der Waals surface area contributed by atoms with Gasteiger partial charge in [0, 0.05) is 5.69 Å². The Morgan fingerprint density at radius 1 is 1.33 bits per heavy atom. The molecule has 0 radical (unpaired) electrons. The van der Waals surface area contributed by atoms with Gasteiger partial charge in [-0.25, -0.2) is 4.79 Å². The van der Waals surface area contributed by atoms with E-state index in [2.05, 4.69) is 12.2 Å². The van der Waals surface area contributed by atoms with E-state index < -0.39 is 12.0 Å². The molecule has 1 unspecified atom stereocenters. The van der Waals surface area contributed by atoms with Crippen LogP contribution in [0.1, 0.15) is 25.8 Å². The summed E-state index contributed by atoms with van der Waals surface area (Å²) in [5.74, 6) is -0.808. The molecule has 1 aromatic carbocycles. The number of aliphatic carboxylic acids is 1. The molecule has 0 aromatic heterocycles. The van der Waals surface area contributed by atoms with E-state index in [-0.39, 0.29) is 0 Å². The molecule has 0 heterocycles. The predicted molar refractivity (Wildman–Crippen MR) is 61.2 cm³/mol. The normalized spacial score (nSPS) is 12.1. The highest BCUT2D eigenvalue weighted by Gasteiger charge is 2.13. The van der Waals surface area contributed by atoms with E-state index >= 15 is 0 Å². The van der Waals surface area contributed by atoms with Crippen molar-refractivity contribution in [3.05, 3.63) is 29.8 Å². The highest BCUT2D eigenvalue weighted by Crippen LogP contribution is 2.12. The fourth-order valence-corrected chi connectivity index (χ4v) is 1.38. The lowest BCUT2D eigenvalue weighted by atomic mass is 10.1. The van der Waals surface area contributed by atoms with Gasteiger partial charge < -0.3 is 10.4 Å². The SMILES string of the molecule is CCc1ccc(NC(CC)C(=O)O)cc1. The Hall–Kier alpha value is -1.51. The Balaban J connectivity index is 2.67. The number of nitrogens with one attached hydrogen (secondary N) is 1. The minimum atomic E-state index is -0.808. The minimum absolute atomic E-state index is 0.502. The molecule has 3 heteroatoms. The average molecular weight is 207 g/mol. The standard InChI is InChI=1S/C12H17NO2/c1-3-9-5-7-10(8-6-9)13-11(4-2)12(14)15/h5-8,11,13H,3-4H2,1-2H3,(H,14,15). The van der Waals surface area contributed by atoms with Gasteiger partial charge in [0.1, 0.15) is 6.04 Å². The third kappa shape index (κ3) is 3.27. The number of carboxylic acid groups (broad SMARTS) is 1. The largest absolute Gasteiger partial charge is 0.480 e. The van der Waals surface area contributed by atoms with Gasteiger partial charge >= 0.3 is 5.97 Å². The fraction of sp³-hybridized carbons (Fsp3) is 0.417. The monoisotopic (exact) mass is 207 g/mol. The number of aryl methyl sites for hydroxylation is 1. The molecular formula is C12H17NO2. The smallest absolute Gasteiger partial charge is 0.326 e. The van der Waals surface area contributed by atoms with E-state index in [4.69, 9.17) is 5.11 Å². The Morgan fingerprint density at radius 2 is 1.93 bits per heavy atom. The van der Waals surface area contributed by atoms with Crippen molar-refractivity contribution in [1.82, 2.24) is 0 Å². The molecule has 3 nitrogen and oxygen atoms in total. The van der Waals surface area contributed by atoms with Crippen LogP contribution in [0.5, 0.6) is 0 Å². The van der Waals surface area contributed by atoms with Crippen molar-refractivity contribution in [3.8, 4) is 0 Å². The highest BCUT2D eigenvalue weighted by atomic mass is 16.4. The van der Waals surface area contributed by atoms with Gasteiger partial charge in [-0.3, -0.25) is 0 Å². The van der Waals surface area contributed by atoms with Gasteiger partial charge in [0.25, 0.3) is 0 Å². The molecule has 0 saturated heterocycles. The van der Waals surface area contributed by atoms with Crippen LogP contribution >= 0.6 is 0 Å². The fourth-order valence-electron chi connectivity index (χ4n) is 1.38. The van der Waals surface area contributed by atoms with E-state index in [0.717, 1.165) is 12.1 Å². The second-order valence-electron chi connectivity index (χ2n) is 3.49. The number of carbonyl (C=O) groups is 1. The minimum Gasteiger partial charge on any atom is -0.480 e. The molecule has 15 heavy (non-hydrogen) atoms. The van der Waals surface area contributed by atoms with Crippen LogP contribution in [0.4, 0.5) is 5.69 Å². The van der Waals surface area contributed by atoms with Crippen LogP contribution in [0.15, 0.2) is 24.3 Å². The molecule has 0 aliphatic carbocycles. The lowest BCUT2D eigenvalue weighted by molar-refractivity contribution is -0.137. The maximum Gasteiger partial charge on any atom is 0.326 e. The number of benzene rings is 1. The predicted octanol–water partition coefficient (Wildman–Crippen LogP) is 2.52. The lowest BCUT2D eigenvalue weighted by Crippen LogP contribution is -2.28. The van der Waals surface area contributed by atoms with Crippen molar-refractivity contribution in [1.29, 1.82) is 0 Å². The van der Waals surface area contributed by atoms with Gasteiger partial charge in [0.15, 0.2) is 0 Å². The van der Waals surface area contributed by atoms with Gasteiger partial charge in [-0.1, -0.05) is 26.0 Å². The van der Waals surface area contributed by atoms with Crippen LogP contribution < -0.4 is 5.32 Å². The molecule has 82 valence electrons. The maximum absolute atomic E-state index is 10.8. The first-order valence-corrected chi connectivity index (χ1v) is 5.25. The summed E-state index contributed by atoms with van der Waals surface area (Å²) in [6.45, 7) is 3.95. The van der Waals surface area contributed by atoms with Crippen LogP contribution in [-0.4, -0.2) is 17.1 Å². The third-order valence-electron chi connectivity index (χ3n) is 2.41. The zero-order chi connectivity index (χ0) is 11.3. The summed E-state index contributed by atoms with van der Waals surface area (Å²) in [4.78, 5) is 10.8. The third-order valence-corrected chi connectivity index (χ3v) is 2.41. The molecule has 0 bridgehead atoms. The lowest BCUT2D eigenvalue weighted by Gasteiger charge is -2.13. The molecule has 0 saturated carbocycles. The second-order valence-corrected chi connectivity index (χ2v) is 3.49. The quantitative estimate of drug-likeness (QED) is 0.780.